The molecule has 1 rings (SSSR count). The van der Waals surface area contributed by atoms with Crippen LogP contribution < -0.4 is 0 Å². The van der Waals surface area contributed by atoms with E-state index in [4.69, 9.17) is 6.42 Å². The fourth-order valence-corrected chi connectivity index (χ4v) is 2.74. The molecule has 0 aliphatic heterocycles. The summed E-state index contributed by atoms with van der Waals surface area (Å²) >= 11 is 0. The van der Waals surface area contributed by atoms with E-state index in [0.717, 1.165) is 22.8 Å². The Labute approximate surface area is 101 Å². The highest BCUT2D eigenvalue weighted by molar-refractivity contribution is 7.89. The number of aromatic nitrogens is 1. The van der Waals surface area contributed by atoms with Gasteiger partial charge in [-0.15, -0.1) is 6.42 Å². The lowest BCUT2D eigenvalue weighted by molar-refractivity contribution is 0.444. The molecule has 0 N–H and O–H groups in total. The summed E-state index contributed by atoms with van der Waals surface area (Å²) in [7, 11) is -3.76. The third kappa shape index (κ3) is 3.25. The van der Waals surface area contributed by atoms with Crippen molar-refractivity contribution in [2.45, 2.75) is 18.2 Å². The minimum absolute atomic E-state index is 0.0350. The minimum atomic E-state index is -3.76. The zero-order chi connectivity index (χ0) is 12.9. The van der Waals surface area contributed by atoms with Gasteiger partial charge in [0.2, 0.25) is 10.0 Å². The highest BCUT2D eigenvalue weighted by atomic mass is 32.2. The second kappa shape index (κ2) is 5.75. The highest BCUT2D eigenvalue weighted by Crippen LogP contribution is 2.15. The summed E-state index contributed by atoms with van der Waals surface area (Å²) in [5, 5.41) is 0. The summed E-state index contributed by atoms with van der Waals surface area (Å²) in [6, 6.07) is 0.932. The summed E-state index contributed by atoms with van der Waals surface area (Å²) < 4.78 is 38.3. The van der Waals surface area contributed by atoms with Crippen molar-refractivity contribution in [2.75, 3.05) is 13.1 Å². The molecule has 1 aromatic heterocycles. The van der Waals surface area contributed by atoms with Crippen LogP contribution >= 0.6 is 0 Å². The van der Waals surface area contributed by atoms with Crippen molar-refractivity contribution in [3.8, 4) is 12.3 Å². The fourth-order valence-electron chi connectivity index (χ4n) is 1.32. The van der Waals surface area contributed by atoms with Crippen molar-refractivity contribution < 1.29 is 12.8 Å². The zero-order valence-corrected chi connectivity index (χ0v) is 10.2. The first-order chi connectivity index (χ1) is 8.02. The molecule has 0 saturated carbocycles. The number of pyridine rings is 1. The second-order valence-electron chi connectivity index (χ2n) is 3.38. The van der Waals surface area contributed by atoms with E-state index in [9.17, 15) is 12.8 Å². The Morgan fingerprint density at radius 2 is 2.24 bits per heavy atom. The van der Waals surface area contributed by atoms with Gasteiger partial charge in [0.05, 0.1) is 12.7 Å². The van der Waals surface area contributed by atoms with E-state index in [2.05, 4.69) is 10.9 Å². The van der Waals surface area contributed by atoms with Crippen molar-refractivity contribution >= 4 is 10.0 Å². The molecule has 4 nitrogen and oxygen atoms in total. The molecule has 0 bridgehead atoms. The van der Waals surface area contributed by atoms with Crippen LogP contribution in [0.2, 0.25) is 0 Å². The van der Waals surface area contributed by atoms with Gasteiger partial charge in [-0.25, -0.2) is 12.8 Å². The molecule has 17 heavy (non-hydrogen) atoms. The van der Waals surface area contributed by atoms with Gasteiger partial charge in [-0.2, -0.15) is 4.31 Å². The molecule has 0 amide bonds. The highest BCUT2D eigenvalue weighted by Gasteiger charge is 2.23. The molecule has 6 heteroatoms. The molecule has 0 atom stereocenters. The SMILES string of the molecule is C#CCN(CCC)S(=O)(=O)c1cncc(F)c1. The first-order valence-electron chi connectivity index (χ1n) is 5.06. The Morgan fingerprint density at radius 1 is 1.53 bits per heavy atom. The van der Waals surface area contributed by atoms with Gasteiger partial charge >= 0.3 is 0 Å². The van der Waals surface area contributed by atoms with Crippen LogP contribution in [0.25, 0.3) is 0 Å². The number of halogens is 1. The lowest BCUT2D eigenvalue weighted by Crippen LogP contribution is -2.32. The average molecular weight is 256 g/mol. The van der Waals surface area contributed by atoms with Gasteiger partial charge in [-0.1, -0.05) is 12.8 Å². The zero-order valence-electron chi connectivity index (χ0n) is 9.43. The molecule has 0 aromatic carbocycles. The van der Waals surface area contributed by atoms with Crippen molar-refractivity contribution in [3.05, 3.63) is 24.3 Å². The lowest BCUT2D eigenvalue weighted by Gasteiger charge is -2.18. The molecule has 1 heterocycles. The first kappa shape index (κ1) is 13.6. The van der Waals surface area contributed by atoms with Gasteiger partial charge in [-0.3, -0.25) is 4.98 Å². The maximum Gasteiger partial charge on any atom is 0.245 e. The van der Waals surface area contributed by atoms with Gasteiger partial charge < -0.3 is 0 Å². The van der Waals surface area contributed by atoms with Crippen LogP contribution in [-0.4, -0.2) is 30.8 Å². The second-order valence-corrected chi connectivity index (χ2v) is 5.32. The van der Waals surface area contributed by atoms with Crippen LogP contribution in [0.4, 0.5) is 4.39 Å². The Balaban J connectivity index is 3.12. The topological polar surface area (TPSA) is 50.3 Å². The summed E-state index contributed by atoms with van der Waals surface area (Å²) in [4.78, 5) is 3.34. The van der Waals surface area contributed by atoms with Gasteiger partial charge in [0.25, 0.3) is 0 Å². The summed E-state index contributed by atoms with van der Waals surface area (Å²) in [5.74, 6) is 1.58. The largest absolute Gasteiger partial charge is 0.260 e. The van der Waals surface area contributed by atoms with Crippen LogP contribution in [0.5, 0.6) is 0 Å². The van der Waals surface area contributed by atoms with Crippen LogP contribution in [0.1, 0.15) is 13.3 Å². The van der Waals surface area contributed by atoms with Crippen molar-refractivity contribution in [3.63, 3.8) is 0 Å². The quantitative estimate of drug-likeness (QED) is 0.745. The van der Waals surface area contributed by atoms with E-state index in [1.807, 2.05) is 6.92 Å². The number of rotatable bonds is 5. The van der Waals surface area contributed by atoms with Gasteiger partial charge in [0, 0.05) is 12.7 Å². The number of sulfonamides is 1. The Kier molecular flexibility index (Phi) is 4.61. The Hall–Kier alpha value is -1.45. The summed E-state index contributed by atoms with van der Waals surface area (Å²) in [6.45, 7) is 2.10. The van der Waals surface area contributed by atoms with Crippen LogP contribution in [0, 0.1) is 18.2 Å². The van der Waals surface area contributed by atoms with Crippen LogP contribution in [-0.2, 0) is 10.0 Å². The van der Waals surface area contributed by atoms with Gasteiger partial charge in [0.15, 0.2) is 0 Å². The number of nitrogens with zero attached hydrogens (tertiary/aromatic N) is 2. The fraction of sp³-hybridized carbons (Fsp3) is 0.364. The standard InChI is InChI=1S/C11H13FN2O2S/c1-3-5-14(6-4-2)17(15,16)11-7-10(12)8-13-9-11/h1,7-9H,4-6H2,2H3. The summed E-state index contributed by atoms with van der Waals surface area (Å²) in [5.41, 5.74) is 0. The van der Waals surface area contributed by atoms with Crippen LogP contribution in [0.3, 0.4) is 0 Å². The van der Waals surface area contributed by atoms with Gasteiger partial charge in [0.1, 0.15) is 10.7 Å². The van der Waals surface area contributed by atoms with E-state index in [1.54, 1.807) is 0 Å². The van der Waals surface area contributed by atoms with Gasteiger partial charge in [-0.05, 0) is 12.5 Å². The molecule has 0 fully saturated rings. The normalized spacial score (nSPS) is 11.4. The first-order valence-corrected chi connectivity index (χ1v) is 6.50. The number of hydrogen-bond donors (Lipinski definition) is 0. The number of hydrogen-bond acceptors (Lipinski definition) is 3. The third-order valence-electron chi connectivity index (χ3n) is 2.06. The molecular formula is C11H13FN2O2S. The Morgan fingerprint density at radius 3 is 2.76 bits per heavy atom. The molecule has 0 spiro atoms. The van der Waals surface area contributed by atoms with E-state index in [0.29, 0.717) is 13.0 Å². The molecule has 0 aliphatic rings. The minimum Gasteiger partial charge on any atom is -0.260 e. The van der Waals surface area contributed by atoms with Crippen molar-refractivity contribution in [1.82, 2.24) is 9.29 Å². The average Bonchev–Trinajstić information content (AvgIpc) is 2.29. The molecule has 92 valence electrons. The van der Waals surface area contributed by atoms with E-state index in [1.165, 1.54) is 0 Å². The molecule has 1 aromatic rings. The van der Waals surface area contributed by atoms with E-state index >= 15 is 0 Å². The lowest BCUT2D eigenvalue weighted by atomic mass is 10.5. The smallest absolute Gasteiger partial charge is 0.245 e. The predicted molar refractivity (Wildman–Crippen MR) is 62.1 cm³/mol. The predicted octanol–water partition coefficient (Wildman–Crippen LogP) is 1.25. The van der Waals surface area contributed by atoms with E-state index < -0.39 is 15.8 Å². The molecule has 0 radical (unpaired) electrons. The van der Waals surface area contributed by atoms with Crippen molar-refractivity contribution in [2.24, 2.45) is 0 Å². The maximum atomic E-state index is 12.9. The molecular weight excluding hydrogens is 243 g/mol. The molecule has 0 saturated heterocycles. The molecule has 0 aliphatic carbocycles. The summed E-state index contributed by atoms with van der Waals surface area (Å²) in [6.07, 6.45) is 7.80. The number of terminal acetylenes is 1. The maximum absolute atomic E-state index is 12.9. The van der Waals surface area contributed by atoms with E-state index in [-0.39, 0.29) is 11.4 Å². The monoisotopic (exact) mass is 256 g/mol. The van der Waals surface area contributed by atoms with Crippen molar-refractivity contribution in [1.29, 1.82) is 0 Å². The van der Waals surface area contributed by atoms with Crippen LogP contribution in [0.15, 0.2) is 23.4 Å². The third-order valence-corrected chi connectivity index (χ3v) is 3.87. The molecule has 0 unspecified atom stereocenters. The Bertz CT molecular complexity index is 523.